The first-order chi connectivity index (χ1) is 6.85. The highest BCUT2D eigenvalue weighted by Gasteiger charge is 2.20. The van der Waals surface area contributed by atoms with Gasteiger partial charge in [-0.2, -0.15) is 5.26 Å². The Morgan fingerprint density at radius 2 is 2.50 bits per heavy atom. The Morgan fingerprint density at radius 1 is 1.64 bits per heavy atom. The number of ether oxygens (including phenoxy) is 1. The molecule has 1 aromatic heterocycles. The number of aromatic nitrogens is 1. The van der Waals surface area contributed by atoms with Crippen LogP contribution in [0.5, 0.6) is 0 Å². The average molecular weight is 189 g/mol. The first-order valence-electron chi connectivity index (χ1n) is 4.50. The largest absolute Gasteiger partial charge is 0.373 e. The number of rotatable bonds is 1. The number of fused-ring (bicyclic) bond motifs is 1. The lowest BCUT2D eigenvalue weighted by Gasteiger charge is -2.24. The predicted molar refractivity (Wildman–Crippen MR) is 50.4 cm³/mol. The van der Waals surface area contributed by atoms with E-state index in [-0.39, 0.29) is 6.04 Å². The van der Waals surface area contributed by atoms with E-state index in [2.05, 4.69) is 10.3 Å². The summed E-state index contributed by atoms with van der Waals surface area (Å²) in [6, 6.07) is 5.91. The lowest BCUT2D eigenvalue weighted by molar-refractivity contribution is 0.0812. The standard InChI is InChI=1S/C10H11N3O/c1-12-9-5-14-6-10-8(9)3-2-7(4-11)13-10/h2-3,9,12H,5-6H2,1H3. The molecule has 1 unspecified atom stereocenters. The number of nitrogens with zero attached hydrogens (tertiary/aromatic N) is 2. The molecule has 14 heavy (non-hydrogen) atoms. The van der Waals surface area contributed by atoms with Crippen LogP contribution in [0.2, 0.25) is 0 Å². The van der Waals surface area contributed by atoms with E-state index in [1.54, 1.807) is 6.07 Å². The molecule has 0 radical (unpaired) electrons. The molecular weight excluding hydrogens is 178 g/mol. The van der Waals surface area contributed by atoms with Crippen molar-refractivity contribution in [3.8, 4) is 6.07 Å². The molecule has 1 aliphatic rings. The molecule has 2 heterocycles. The Balaban J connectivity index is 2.42. The third-order valence-corrected chi connectivity index (χ3v) is 2.37. The van der Waals surface area contributed by atoms with E-state index in [0.717, 1.165) is 11.3 Å². The molecule has 2 rings (SSSR count). The number of hydrogen-bond donors (Lipinski definition) is 1. The second kappa shape index (κ2) is 3.74. The van der Waals surface area contributed by atoms with Crippen LogP contribution in [0.3, 0.4) is 0 Å². The third-order valence-electron chi connectivity index (χ3n) is 2.37. The van der Waals surface area contributed by atoms with Gasteiger partial charge in [0.25, 0.3) is 0 Å². The molecule has 0 fully saturated rings. The van der Waals surface area contributed by atoms with E-state index < -0.39 is 0 Å². The molecule has 4 heteroatoms. The zero-order chi connectivity index (χ0) is 9.97. The van der Waals surface area contributed by atoms with Gasteiger partial charge in [0.1, 0.15) is 11.8 Å². The van der Waals surface area contributed by atoms with Gasteiger partial charge in [0, 0.05) is 0 Å². The molecule has 0 aromatic carbocycles. The quantitative estimate of drug-likeness (QED) is 0.708. The van der Waals surface area contributed by atoms with Crippen LogP contribution in [0.4, 0.5) is 0 Å². The number of likely N-dealkylation sites (N-methyl/N-ethyl adjacent to an activating group) is 1. The SMILES string of the molecule is CNC1COCc2nc(C#N)ccc21. The molecule has 0 bridgehead atoms. The number of hydrogen-bond acceptors (Lipinski definition) is 4. The van der Waals surface area contributed by atoms with Gasteiger partial charge in [-0.3, -0.25) is 0 Å². The van der Waals surface area contributed by atoms with Crippen molar-refractivity contribution in [3.63, 3.8) is 0 Å². The zero-order valence-corrected chi connectivity index (χ0v) is 7.95. The van der Waals surface area contributed by atoms with Crippen LogP contribution >= 0.6 is 0 Å². The van der Waals surface area contributed by atoms with Gasteiger partial charge in [0.05, 0.1) is 24.9 Å². The fraction of sp³-hybridized carbons (Fsp3) is 0.400. The lowest BCUT2D eigenvalue weighted by Crippen LogP contribution is -2.27. The van der Waals surface area contributed by atoms with Gasteiger partial charge >= 0.3 is 0 Å². The lowest BCUT2D eigenvalue weighted by atomic mass is 10.0. The van der Waals surface area contributed by atoms with Gasteiger partial charge in [0.15, 0.2) is 0 Å². The van der Waals surface area contributed by atoms with Crippen molar-refractivity contribution in [2.75, 3.05) is 13.7 Å². The van der Waals surface area contributed by atoms with Crippen LogP contribution in [0, 0.1) is 11.3 Å². The van der Waals surface area contributed by atoms with Crippen molar-refractivity contribution in [2.24, 2.45) is 0 Å². The second-order valence-electron chi connectivity index (χ2n) is 3.20. The van der Waals surface area contributed by atoms with Crippen LogP contribution < -0.4 is 5.32 Å². The van der Waals surface area contributed by atoms with Crippen LogP contribution in [0.1, 0.15) is 23.0 Å². The Morgan fingerprint density at radius 3 is 3.21 bits per heavy atom. The molecule has 1 N–H and O–H groups in total. The number of nitrogens with one attached hydrogen (secondary N) is 1. The van der Waals surface area contributed by atoms with Gasteiger partial charge < -0.3 is 10.1 Å². The zero-order valence-electron chi connectivity index (χ0n) is 7.95. The molecule has 0 saturated heterocycles. The maximum atomic E-state index is 8.69. The molecule has 0 amide bonds. The Kier molecular flexibility index (Phi) is 2.44. The minimum Gasteiger partial charge on any atom is -0.373 e. The summed E-state index contributed by atoms with van der Waals surface area (Å²) in [4.78, 5) is 4.20. The van der Waals surface area contributed by atoms with Crippen molar-refractivity contribution >= 4 is 0 Å². The van der Waals surface area contributed by atoms with Crippen LogP contribution in [0.15, 0.2) is 12.1 Å². The highest BCUT2D eigenvalue weighted by Crippen LogP contribution is 2.22. The first-order valence-corrected chi connectivity index (χ1v) is 4.50. The summed E-state index contributed by atoms with van der Waals surface area (Å²) in [5.41, 5.74) is 2.46. The summed E-state index contributed by atoms with van der Waals surface area (Å²) in [5.74, 6) is 0. The molecule has 0 spiro atoms. The van der Waals surface area contributed by atoms with Crippen LogP contribution in [-0.4, -0.2) is 18.6 Å². The highest BCUT2D eigenvalue weighted by atomic mass is 16.5. The van der Waals surface area contributed by atoms with E-state index >= 15 is 0 Å². The molecule has 0 aliphatic carbocycles. The van der Waals surface area contributed by atoms with Gasteiger partial charge in [-0.15, -0.1) is 0 Å². The number of pyridine rings is 1. The van der Waals surface area contributed by atoms with Gasteiger partial charge in [-0.05, 0) is 18.7 Å². The van der Waals surface area contributed by atoms with Crippen molar-refractivity contribution < 1.29 is 4.74 Å². The highest BCUT2D eigenvalue weighted by molar-refractivity contribution is 5.31. The molecule has 1 aromatic rings. The average Bonchev–Trinajstić information content (AvgIpc) is 2.27. The molecule has 72 valence electrons. The fourth-order valence-electron chi connectivity index (χ4n) is 1.61. The minimum atomic E-state index is 0.194. The van der Waals surface area contributed by atoms with Crippen molar-refractivity contribution in [3.05, 3.63) is 29.1 Å². The second-order valence-corrected chi connectivity index (χ2v) is 3.20. The maximum absolute atomic E-state index is 8.69. The molecule has 4 nitrogen and oxygen atoms in total. The van der Waals surface area contributed by atoms with Gasteiger partial charge in [-0.1, -0.05) is 6.07 Å². The minimum absolute atomic E-state index is 0.194. The Labute approximate surface area is 82.5 Å². The van der Waals surface area contributed by atoms with Crippen molar-refractivity contribution in [1.82, 2.24) is 10.3 Å². The normalized spacial score (nSPS) is 19.9. The topological polar surface area (TPSA) is 57.9 Å². The molecule has 0 saturated carbocycles. The fourth-order valence-corrected chi connectivity index (χ4v) is 1.61. The molecule has 1 aliphatic heterocycles. The Hall–Kier alpha value is -1.44. The number of nitriles is 1. The molecular formula is C10H11N3O. The monoisotopic (exact) mass is 189 g/mol. The van der Waals surface area contributed by atoms with E-state index in [4.69, 9.17) is 10.00 Å². The van der Waals surface area contributed by atoms with Crippen molar-refractivity contribution in [2.45, 2.75) is 12.6 Å². The summed E-state index contributed by atoms with van der Waals surface area (Å²) in [7, 11) is 1.89. The summed E-state index contributed by atoms with van der Waals surface area (Å²) >= 11 is 0. The van der Waals surface area contributed by atoms with E-state index in [1.165, 1.54) is 0 Å². The maximum Gasteiger partial charge on any atom is 0.140 e. The smallest absolute Gasteiger partial charge is 0.140 e. The van der Waals surface area contributed by atoms with E-state index in [1.807, 2.05) is 19.2 Å². The third kappa shape index (κ3) is 1.48. The summed E-state index contributed by atoms with van der Waals surface area (Å²) < 4.78 is 5.36. The summed E-state index contributed by atoms with van der Waals surface area (Å²) in [5, 5.41) is 11.8. The predicted octanol–water partition coefficient (Wildman–Crippen LogP) is 0.744. The van der Waals surface area contributed by atoms with Crippen LogP contribution in [0.25, 0.3) is 0 Å². The van der Waals surface area contributed by atoms with Gasteiger partial charge in [-0.25, -0.2) is 4.98 Å². The van der Waals surface area contributed by atoms with Crippen molar-refractivity contribution in [1.29, 1.82) is 5.26 Å². The molecule has 1 atom stereocenters. The summed E-state index contributed by atoms with van der Waals surface area (Å²) in [6.45, 7) is 1.17. The van der Waals surface area contributed by atoms with Crippen LogP contribution in [-0.2, 0) is 11.3 Å². The van der Waals surface area contributed by atoms with E-state index in [9.17, 15) is 0 Å². The van der Waals surface area contributed by atoms with Gasteiger partial charge in [0.2, 0.25) is 0 Å². The van der Waals surface area contributed by atoms with E-state index in [0.29, 0.717) is 18.9 Å². The summed E-state index contributed by atoms with van der Waals surface area (Å²) in [6.07, 6.45) is 0. The first kappa shape index (κ1) is 9.13. The Bertz CT molecular complexity index is 383.